The van der Waals surface area contributed by atoms with Gasteiger partial charge in [-0.3, -0.25) is 9.79 Å². The van der Waals surface area contributed by atoms with Crippen LogP contribution in [0.5, 0.6) is 0 Å². The second-order valence-corrected chi connectivity index (χ2v) is 8.47. The van der Waals surface area contributed by atoms with Crippen LogP contribution < -0.4 is 10.6 Å². The number of benzene rings is 2. The first-order chi connectivity index (χ1) is 15.6. The van der Waals surface area contributed by atoms with E-state index >= 15 is 0 Å². The zero-order valence-electron chi connectivity index (χ0n) is 18.9. The molecule has 1 aliphatic heterocycles. The van der Waals surface area contributed by atoms with E-state index in [4.69, 9.17) is 4.74 Å². The summed E-state index contributed by atoms with van der Waals surface area (Å²) in [5.74, 6) is 0.222. The lowest BCUT2D eigenvalue weighted by Crippen LogP contribution is -2.47. The molecule has 0 aromatic heterocycles. The van der Waals surface area contributed by atoms with E-state index in [2.05, 4.69) is 15.6 Å². The Labute approximate surface area is 212 Å². The van der Waals surface area contributed by atoms with Crippen LogP contribution >= 0.6 is 24.0 Å². The van der Waals surface area contributed by atoms with Crippen LogP contribution in [0, 0.1) is 5.82 Å². The minimum absolute atomic E-state index is 0. The largest absolute Gasteiger partial charge is 0.378 e. The van der Waals surface area contributed by atoms with Crippen LogP contribution in [-0.2, 0) is 14.9 Å². The standard InChI is InChI=1S/C25H31FN4O2.HI/c1-27-24(29-18-25(11-12-25)21-9-5-6-10-22(21)26)28-17-20(19-7-3-2-4-8-19)23(31)30-13-15-32-16-14-30;/h2-10,20H,11-18H2,1H3,(H2,27,28,29);1H. The van der Waals surface area contributed by atoms with Crippen molar-refractivity contribution in [3.8, 4) is 0 Å². The first-order valence-electron chi connectivity index (χ1n) is 11.2. The maximum absolute atomic E-state index is 14.3. The van der Waals surface area contributed by atoms with Crippen molar-refractivity contribution in [1.82, 2.24) is 15.5 Å². The van der Waals surface area contributed by atoms with Gasteiger partial charge in [0.1, 0.15) is 5.82 Å². The maximum Gasteiger partial charge on any atom is 0.232 e. The molecule has 1 saturated heterocycles. The Morgan fingerprint density at radius 3 is 2.39 bits per heavy atom. The molecule has 1 unspecified atom stereocenters. The maximum atomic E-state index is 14.3. The van der Waals surface area contributed by atoms with Crippen LogP contribution in [0.4, 0.5) is 4.39 Å². The molecule has 0 bridgehead atoms. The van der Waals surface area contributed by atoms with Crippen molar-refractivity contribution in [2.45, 2.75) is 24.2 Å². The van der Waals surface area contributed by atoms with E-state index in [0.29, 0.717) is 45.4 Å². The van der Waals surface area contributed by atoms with Gasteiger partial charge >= 0.3 is 0 Å². The number of aliphatic imine (C=N–C) groups is 1. The number of nitrogens with one attached hydrogen (secondary N) is 2. The van der Waals surface area contributed by atoms with Gasteiger partial charge in [0.15, 0.2) is 5.96 Å². The first-order valence-corrected chi connectivity index (χ1v) is 11.2. The number of carbonyl (C=O) groups is 1. The normalized spacial score (nSPS) is 18.1. The first kappa shape index (κ1) is 25.4. The van der Waals surface area contributed by atoms with Crippen molar-refractivity contribution in [2.75, 3.05) is 46.4 Å². The molecular weight excluding hydrogens is 534 g/mol. The highest BCUT2D eigenvalue weighted by Crippen LogP contribution is 2.48. The number of morpholine rings is 1. The van der Waals surface area contributed by atoms with Crippen LogP contribution in [0.3, 0.4) is 0 Å². The SMILES string of the molecule is CN=C(NCC(C(=O)N1CCOCC1)c1ccccc1)NCC1(c2ccccc2F)CC1.I. The Balaban J connectivity index is 0.00000306. The van der Waals surface area contributed by atoms with Gasteiger partial charge in [0.2, 0.25) is 5.91 Å². The van der Waals surface area contributed by atoms with Gasteiger partial charge in [-0.1, -0.05) is 48.5 Å². The number of hydrogen-bond acceptors (Lipinski definition) is 3. The predicted molar refractivity (Wildman–Crippen MR) is 139 cm³/mol. The fraction of sp³-hybridized carbons (Fsp3) is 0.440. The topological polar surface area (TPSA) is 66.0 Å². The molecule has 4 rings (SSSR count). The molecule has 8 heteroatoms. The Kier molecular flexibility index (Phi) is 9.08. The highest BCUT2D eigenvalue weighted by atomic mass is 127. The number of carbonyl (C=O) groups excluding carboxylic acids is 1. The molecule has 1 heterocycles. The van der Waals surface area contributed by atoms with Crippen LogP contribution in [0.25, 0.3) is 0 Å². The smallest absolute Gasteiger partial charge is 0.232 e. The van der Waals surface area contributed by atoms with Crippen molar-refractivity contribution in [1.29, 1.82) is 0 Å². The monoisotopic (exact) mass is 566 g/mol. The molecule has 1 atom stereocenters. The number of hydrogen-bond donors (Lipinski definition) is 2. The summed E-state index contributed by atoms with van der Waals surface area (Å²) >= 11 is 0. The lowest BCUT2D eigenvalue weighted by molar-refractivity contribution is -0.136. The molecule has 178 valence electrons. The number of guanidine groups is 1. The quantitative estimate of drug-likeness (QED) is 0.307. The molecule has 1 saturated carbocycles. The van der Waals surface area contributed by atoms with Crippen molar-refractivity contribution in [3.05, 3.63) is 71.5 Å². The van der Waals surface area contributed by atoms with Gasteiger partial charge in [-0.15, -0.1) is 24.0 Å². The third-order valence-electron chi connectivity index (χ3n) is 6.41. The van der Waals surface area contributed by atoms with E-state index in [-0.39, 0.29) is 47.0 Å². The summed E-state index contributed by atoms with van der Waals surface area (Å²) in [7, 11) is 1.71. The average Bonchev–Trinajstić information content (AvgIpc) is 3.63. The highest BCUT2D eigenvalue weighted by molar-refractivity contribution is 14.0. The van der Waals surface area contributed by atoms with Gasteiger partial charge in [0.05, 0.1) is 19.1 Å². The number of ether oxygens (including phenoxy) is 1. The lowest BCUT2D eigenvalue weighted by atomic mass is 9.95. The highest BCUT2D eigenvalue weighted by Gasteiger charge is 2.45. The summed E-state index contributed by atoms with van der Waals surface area (Å²) in [6, 6.07) is 16.8. The van der Waals surface area contributed by atoms with Crippen LogP contribution in [0.15, 0.2) is 59.6 Å². The van der Waals surface area contributed by atoms with E-state index in [1.165, 1.54) is 6.07 Å². The molecule has 2 aromatic rings. The molecular formula is C25H32FIN4O2. The average molecular weight is 566 g/mol. The van der Waals surface area contributed by atoms with E-state index in [0.717, 1.165) is 24.0 Å². The molecule has 1 aliphatic carbocycles. The zero-order chi connectivity index (χ0) is 22.4. The van der Waals surface area contributed by atoms with Gasteiger partial charge in [-0.25, -0.2) is 4.39 Å². The minimum Gasteiger partial charge on any atom is -0.378 e. The number of amides is 1. The molecule has 6 nitrogen and oxygen atoms in total. The van der Waals surface area contributed by atoms with E-state index in [1.54, 1.807) is 13.1 Å². The van der Waals surface area contributed by atoms with Crippen molar-refractivity contribution >= 4 is 35.8 Å². The number of halogens is 2. The second-order valence-electron chi connectivity index (χ2n) is 8.47. The second kappa shape index (κ2) is 11.8. The van der Waals surface area contributed by atoms with E-state index in [9.17, 15) is 9.18 Å². The summed E-state index contributed by atoms with van der Waals surface area (Å²) in [5, 5.41) is 6.67. The fourth-order valence-corrected chi connectivity index (χ4v) is 4.29. The molecule has 0 spiro atoms. The van der Waals surface area contributed by atoms with Gasteiger partial charge in [0, 0.05) is 38.6 Å². The summed E-state index contributed by atoms with van der Waals surface area (Å²) in [4.78, 5) is 19.5. The van der Waals surface area contributed by atoms with Gasteiger partial charge < -0.3 is 20.3 Å². The molecule has 1 amide bonds. The molecule has 2 aliphatic rings. The Morgan fingerprint density at radius 2 is 1.76 bits per heavy atom. The van der Waals surface area contributed by atoms with Crippen LogP contribution in [0.1, 0.15) is 29.9 Å². The van der Waals surface area contributed by atoms with Crippen molar-refractivity contribution in [2.24, 2.45) is 4.99 Å². The minimum atomic E-state index is -0.325. The van der Waals surface area contributed by atoms with Crippen molar-refractivity contribution in [3.63, 3.8) is 0 Å². The Morgan fingerprint density at radius 1 is 1.09 bits per heavy atom. The summed E-state index contributed by atoms with van der Waals surface area (Å²) < 4.78 is 19.7. The van der Waals surface area contributed by atoms with Crippen LogP contribution in [-0.4, -0.2) is 63.2 Å². The summed E-state index contributed by atoms with van der Waals surface area (Å²) in [6.07, 6.45) is 1.89. The summed E-state index contributed by atoms with van der Waals surface area (Å²) in [6.45, 7) is 3.39. The van der Waals surface area contributed by atoms with E-state index < -0.39 is 0 Å². The fourth-order valence-electron chi connectivity index (χ4n) is 4.29. The Hall–Kier alpha value is -2.20. The lowest BCUT2D eigenvalue weighted by Gasteiger charge is -2.31. The Bertz CT molecular complexity index is 946. The van der Waals surface area contributed by atoms with Gasteiger partial charge in [-0.05, 0) is 30.0 Å². The molecule has 33 heavy (non-hydrogen) atoms. The number of nitrogens with zero attached hydrogens (tertiary/aromatic N) is 2. The molecule has 2 aromatic carbocycles. The molecule has 2 fully saturated rings. The van der Waals surface area contributed by atoms with Crippen molar-refractivity contribution < 1.29 is 13.9 Å². The third kappa shape index (κ3) is 6.23. The number of rotatable bonds is 7. The van der Waals surface area contributed by atoms with Gasteiger partial charge in [-0.2, -0.15) is 0 Å². The third-order valence-corrected chi connectivity index (χ3v) is 6.41. The van der Waals surface area contributed by atoms with E-state index in [1.807, 2.05) is 47.4 Å². The zero-order valence-corrected chi connectivity index (χ0v) is 21.3. The molecule has 2 N–H and O–H groups in total. The van der Waals surface area contributed by atoms with Gasteiger partial charge in [0.25, 0.3) is 0 Å². The van der Waals surface area contributed by atoms with Crippen LogP contribution in [0.2, 0.25) is 0 Å². The predicted octanol–water partition coefficient (Wildman–Crippen LogP) is 3.28. The summed E-state index contributed by atoms with van der Waals surface area (Å²) in [5.41, 5.74) is 1.54. The molecule has 0 radical (unpaired) electrons.